The van der Waals surface area contributed by atoms with Gasteiger partial charge in [0.1, 0.15) is 10.7 Å². The number of halogens is 2. The van der Waals surface area contributed by atoms with E-state index in [9.17, 15) is 8.42 Å². The molecule has 0 saturated heterocycles. The summed E-state index contributed by atoms with van der Waals surface area (Å²) >= 11 is 11.8. The molecule has 4 nitrogen and oxygen atoms in total. The second-order valence-electron chi connectivity index (χ2n) is 3.91. The maximum atomic E-state index is 12.3. The Labute approximate surface area is 121 Å². The van der Waals surface area contributed by atoms with Gasteiger partial charge in [0.2, 0.25) is 10.0 Å². The molecule has 1 aromatic carbocycles. The van der Waals surface area contributed by atoms with Crippen LogP contribution < -0.4 is 4.72 Å². The zero-order valence-electron chi connectivity index (χ0n) is 9.93. The van der Waals surface area contributed by atoms with Crippen molar-refractivity contribution in [3.8, 4) is 0 Å². The Morgan fingerprint density at radius 1 is 1.16 bits per heavy atom. The predicted octanol–water partition coefficient (Wildman–Crippen LogP) is 3.63. The molecule has 2 aromatic rings. The Balaban J connectivity index is 2.33. The smallest absolute Gasteiger partial charge is 0.244 e. The summed E-state index contributed by atoms with van der Waals surface area (Å²) in [5.41, 5.74) is 0. The molecule has 0 saturated carbocycles. The lowest BCUT2D eigenvalue weighted by Gasteiger charge is -2.14. The van der Waals surface area contributed by atoms with E-state index >= 15 is 0 Å². The predicted molar refractivity (Wildman–Crippen MR) is 73.9 cm³/mol. The fraction of sp³-hybridized carbons (Fsp3) is 0.167. The molecule has 0 aliphatic carbocycles. The normalized spacial score (nSPS) is 13.4. The average Bonchev–Trinajstić information content (AvgIpc) is 2.80. The van der Waals surface area contributed by atoms with Crippen molar-refractivity contribution in [3.05, 3.63) is 52.4 Å². The molecule has 0 bridgehead atoms. The molecule has 1 aromatic heterocycles. The van der Waals surface area contributed by atoms with Gasteiger partial charge in [0.25, 0.3) is 0 Å². The summed E-state index contributed by atoms with van der Waals surface area (Å²) in [6.07, 6.45) is 1.47. The first kappa shape index (κ1) is 14.4. The van der Waals surface area contributed by atoms with Crippen molar-refractivity contribution in [1.82, 2.24) is 4.72 Å². The molecule has 1 N–H and O–H groups in total. The summed E-state index contributed by atoms with van der Waals surface area (Å²) in [6.45, 7) is 1.67. The van der Waals surface area contributed by atoms with Crippen LogP contribution in [0.4, 0.5) is 0 Å². The highest BCUT2D eigenvalue weighted by molar-refractivity contribution is 7.89. The van der Waals surface area contributed by atoms with Gasteiger partial charge in [-0.05, 0) is 31.2 Å². The van der Waals surface area contributed by atoms with Gasteiger partial charge < -0.3 is 4.42 Å². The van der Waals surface area contributed by atoms with E-state index in [0.29, 0.717) is 5.76 Å². The zero-order chi connectivity index (χ0) is 14.0. The number of rotatable bonds is 4. The van der Waals surface area contributed by atoms with Crippen LogP contribution in [0.15, 0.2) is 45.9 Å². The van der Waals surface area contributed by atoms with Crippen molar-refractivity contribution in [2.75, 3.05) is 0 Å². The van der Waals surface area contributed by atoms with E-state index in [1.165, 1.54) is 18.4 Å². The lowest BCUT2D eigenvalue weighted by atomic mass is 10.3. The highest BCUT2D eigenvalue weighted by Crippen LogP contribution is 2.30. The average molecular weight is 320 g/mol. The molecule has 1 atom stereocenters. The molecule has 0 fully saturated rings. The molecule has 0 aliphatic rings. The molecule has 102 valence electrons. The van der Waals surface area contributed by atoms with Gasteiger partial charge in [-0.25, -0.2) is 13.1 Å². The first-order valence-electron chi connectivity index (χ1n) is 5.41. The third kappa shape index (κ3) is 3.12. The first-order chi connectivity index (χ1) is 8.92. The highest BCUT2D eigenvalue weighted by Gasteiger charge is 2.24. The second kappa shape index (κ2) is 5.54. The fourth-order valence-electron chi connectivity index (χ4n) is 1.63. The van der Waals surface area contributed by atoms with Gasteiger partial charge in [-0.15, -0.1) is 0 Å². The van der Waals surface area contributed by atoms with Crippen molar-refractivity contribution >= 4 is 33.2 Å². The van der Waals surface area contributed by atoms with E-state index in [1.807, 2.05) is 0 Å². The van der Waals surface area contributed by atoms with E-state index < -0.39 is 16.1 Å². The summed E-state index contributed by atoms with van der Waals surface area (Å²) in [7, 11) is -3.82. The molecule has 0 unspecified atom stereocenters. The Morgan fingerprint density at radius 2 is 1.79 bits per heavy atom. The lowest BCUT2D eigenvalue weighted by Crippen LogP contribution is -2.27. The minimum Gasteiger partial charge on any atom is -0.468 e. The van der Waals surface area contributed by atoms with Crippen molar-refractivity contribution in [2.24, 2.45) is 0 Å². The standard InChI is InChI=1S/C12H11Cl2NO3S/c1-8(11-6-3-7-18-11)15-19(16,17)12-9(13)4-2-5-10(12)14/h2-8,15H,1H3/t8-/m1/s1. The molecule has 19 heavy (non-hydrogen) atoms. The summed E-state index contributed by atoms with van der Waals surface area (Å²) < 4.78 is 32.1. The maximum Gasteiger partial charge on any atom is 0.244 e. The molecule has 0 aliphatic heterocycles. The number of furan rings is 1. The number of sulfonamides is 1. The number of benzene rings is 1. The first-order valence-corrected chi connectivity index (χ1v) is 7.65. The van der Waals surface area contributed by atoms with Crippen LogP contribution in [0.1, 0.15) is 18.7 Å². The van der Waals surface area contributed by atoms with Crippen LogP contribution in [-0.2, 0) is 10.0 Å². The Kier molecular flexibility index (Phi) is 4.20. The van der Waals surface area contributed by atoms with Gasteiger partial charge in [-0.1, -0.05) is 29.3 Å². The third-order valence-electron chi connectivity index (χ3n) is 2.49. The number of hydrogen-bond acceptors (Lipinski definition) is 3. The van der Waals surface area contributed by atoms with E-state index in [1.54, 1.807) is 25.1 Å². The minimum absolute atomic E-state index is 0.0756. The number of hydrogen-bond donors (Lipinski definition) is 1. The molecule has 0 amide bonds. The van der Waals surface area contributed by atoms with Gasteiger partial charge in [-0.2, -0.15) is 0 Å². The Bertz CT molecular complexity index is 648. The van der Waals surface area contributed by atoms with Crippen molar-refractivity contribution in [2.45, 2.75) is 17.9 Å². The third-order valence-corrected chi connectivity index (χ3v) is 4.98. The van der Waals surface area contributed by atoms with Gasteiger partial charge in [-0.3, -0.25) is 0 Å². The summed E-state index contributed by atoms with van der Waals surface area (Å²) in [5.74, 6) is 0.506. The monoisotopic (exact) mass is 319 g/mol. The largest absolute Gasteiger partial charge is 0.468 e. The molecule has 2 rings (SSSR count). The van der Waals surface area contributed by atoms with Gasteiger partial charge in [0.05, 0.1) is 22.4 Å². The van der Waals surface area contributed by atoms with Crippen molar-refractivity contribution < 1.29 is 12.8 Å². The Morgan fingerprint density at radius 3 is 2.32 bits per heavy atom. The summed E-state index contributed by atoms with van der Waals surface area (Å²) in [6, 6.07) is 7.37. The van der Waals surface area contributed by atoms with E-state index in [0.717, 1.165) is 0 Å². The van der Waals surface area contributed by atoms with Gasteiger partial charge in [0.15, 0.2) is 0 Å². The number of nitrogens with one attached hydrogen (secondary N) is 1. The topological polar surface area (TPSA) is 59.3 Å². The zero-order valence-corrected chi connectivity index (χ0v) is 12.3. The molecule has 0 radical (unpaired) electrons. The van der Waals surface area contributed by atoms with Gasteiger partial charge >= 0.3 is 0 Å². The molecule has 0 spiro atoms. The molecular weight excluding hydrogens is 309 g/mol. The Hall–Kier alpha value is -1.01. The van der Waals surface area contributed by atoms with Crippen LogP contribution in [0.25, 0.3) is 0 Å². The van der Waals surface area contributed by atoms with Crippen LogP contribution in [0.3, 0.4) is 0 Å². The van der Waals surface area contributed by atoms with Crippen LogP contribution in [0, 0.1) is 0 Å². The van der Waals surface area contributed by atoms with Crippen LogP contribution in [0.2, 0.25) is 10.0 Å². The highest BCUT2D eigenvalue weighted by atomic mass is 35.5. The maximum absolute atomic E-state index is 12.3. The van der Waals surface area contributed by atoms with E-state index in [-0.39, 0.29) is 14.9 Å². The second-order valence-corrected chi connectivity index (χ2v) is 6.37. The molecule has 1 heterocycles. The quantitative estimate of drug-likeness (QED) is 0.936. The van der Waals surface area contributed by atoms with Crippen LogP contribution in [-0.4, -0.2) is 8.42 Å². The summed E-state index contributed by atoms with van der Waals surface area (Å²) in [4.78, 5) is -0.128. The fourth-order valence-corrected chi connectivity index (χ4v) is 3.98. The van der Waals surface area contributed by atoms with E-state index in [2.05, 4.69) is 4.72 Å². The van der Waals surface area contributed by atoms with Gasteiger partial charge in [0, 0.05) is 0 Å². The molecule has 7 heteroatoms. The summed E-state index contributed by atoms with van der Waals surface area (Å²) in [5, 5.41) is 0.151. The minimum atomic E-state index is -3.82. The van der Waals surface area contributed by atoms with Crippen LogP contribution in [0.5, 0.6) is 0 Å². The van der Waals surface area contributed by atoms with Crippen molar-refractivity contribution in [1.29, 1.82) is 0 Å². The molecular formula is C12H11Cl2NO3S. The van der Waals surface area contributed by atoms with E-state index in [4.69, 9.17) is 27.6 Å². The van der Waals surface area contributed by atoms with Crippen LogP contribution >= 0.6 is 23.2 Å². The SMILES string of the molecule is C[C@@H](NS(=O)(=O)c1c(Cl)cccc1Cl)c1ccco1. The lowest BCUT2D eigenvalue weighted by molar-refractivity contribution is 0.459. The van der Waals surface area contributed by atoms with Crippen molar-refractivity contribution in [3.63, 3.8) is 0 Å².